The highest BCUT2D eigenvalue weighted by molar-refractivity contribution is 7.15. The number of hydrogen-bond donors (Lipinski definition) is 1. The fourth-order valence-electron chi connectivity index (χ4n) is 2.90. The number of hydrogen-bond acceptors (Lipinski definition) is 5. The number of thiazole rings is 1. The zero-order valence-corrected chi connectivity index (χ0v) is 14.6. The van der Waals surface area contributed by atoms with Gasteiger partial charge in [0.05, 0.1) is 18.2 Å². The number of piperidine rings is 1. The Morgan fingerprint density at radius 1 is 1.54 bits per heavy atom. The molecule has 2 amide bonds. The van der Waals surface area contributed by atoms with Crippen LogP contribution in [0.25, 0.3) is 4.96 Å². The molecular formula is C16H22N4O3S. The number of methoxy groups -OCH3 is 1. The van der Waals surface area contributed by atoms with Gasteiger partial charge < -0.3 is 15.0 Å². The molecule has 0 spiro atoms. The smallest absolute Gasteiger partial charge is 0.224 e. The van der Waals surface area contributed by atoms with Crippen LogP contribution < -0.4 is 5.32 Å². The Morgan fingerprint density at radius 2 is 2.42 bits per heavy atom. The molecule has 1 saturated heterocycles. The summed E-state index contributed by atoms with van der Waals surface area (Å²) in [4.78, 5) is 31.4. The molecule has 3 rings (SSSR count). The lowest BCUT2D eigenvalue weighted by atomic mass is 9.96. The first-order valence-electron chi connectivity index (χ1n) is 8.13. The van der Waals surface area contributed by atoms with Crippen LogP contribution in [0.1, 0.15) is 18.5 Å². The van der Waals surface area contributed by atoms with E-state index in [4.69, 9.17) is 4.74 Å². The molecule has 0 bridgehead atoms. The van der Waals surface area contributed by atoms with Crippen molar-refractivity contribution < 1.29 is 14.3 Å². The molecule has 0 aliphatic carbocycles. The highest BCUT2D eigenvalue weighted by Crippen LogP contribution is 2.17. The fraction of sp³-hybridized carbons (Fsp3) is 0.562. The van der Waals surface area contributed by atoms with Crippen molar-refractivity contribution in [3.05, 3.63) is 23.5 Å². The summed E-state index contributed by atoms with van der Waals surface area (Å²) in [6.07, 6.45) is 5.72. The number of fused-ring (bicyclic) bond motifs is 1. The van der Waals surface area contributed by atoms with Crippen molar-refractivity contribution in [3.8, 4) is 0 Å². The summed E-state index contributed by atoms with van der Waals surface area (Å²) in [5, 5.41) is 4.97. The van der Waals surface area contributed by atoms with E-state index >= 15 is 0 Å². The van der Waals surface area contributed by atoms with Crippen LogP contribution in [0.3, 0.4) is 0 Å². The van der Waals surface area contributed by atoms with E-state index in [9.17, 15) is 9.59 Å². The molecule has 1 fully saturated rings. The number of carbonyl (C=O) groups excluding carboxylic acids is 2. The molecule has 24 heavy (non-hydrogen) atoms. The van der Waals surface area contributed by atoms with Gasteiger partial charge in [0.2, 0.25) is 11.8 Å². The Labute approximate surface area is 144 Å². The lowest BCUT2D eigenvalue weighted by Gasteiger charge is -2.31. The van der Waals surface area contributed by atoms with Crippen molar-refractivity contribution in [1.82, 2.24) is 19.6 Å². The van der Waals surface area contributed by atoms with Gasteiger partial charge in [0.1, 0.15) is 0 Å². The molecule has 130 valence electrons. The van der Waals surface area contributed by atoms with Gasteiger partial charge in [-0.2, -0.15) is 0 Å². The zero-order valence-electron chi connectivity index (χ0n) is 13.7. The first kappa shape index (κ1) is 16.9. The molecule has 8 heteroatoms. The van der Waals surface area contributed by atoms with Gasteiger partial charge >= 0.3 is 0 Å². The summed E-state index contributed by atoms with van der Waals surface area (Å²) >= 11 is 1.59. The summed E-state index contributed by atoms with van der Waals surface area (Å²) in [7, 11) is 1.61. The van der Waals surface area contributed by atoms with Crippen LogP contribution in [0.5, 0.6) is 0 Å². The first-order chi connectivity index (χ1) is 11.7. The Hall–Kier alpha value is -1.93. The topological polar surface area (TPSA) is 75.9 Å². The maximum atomic E-state index is 12.3. The van der Waals surface area contributed by atoms with Crippen molar-refractivity contribution in [3.63, 3.8) is 0 Å². The average Bonchev–Trinajstić information content (AvgIpc) is 3.15. The second-order valence-corrected chi connectivity index (χ2v) is 6.81. The molecule has 1 aliphatic rings. The predicted octanol–water partition coefficient (Wildman–Crippen LogP) is 0.940. The third kappa shape index (κ3) is 3.93. The van der Waals surface area contributed by atoms with Gasteiger partial charge in [-0.1, -0.05) is 0 Å². The number of imidazole rings is 1. The normalized spacial score (nSPS) is 18.3. The summed E-state index contributed by atoms with van der Waals surface area (Å²) in [6.45, 7) is 2.09. The van der Waals surface area contributed by atoms with E-state index < -0.39 is 0 Å². The van der Waals surface area contributed by atoms with Gasteiger partial charge in [-0.3, -0.25) is 14.0 Å². The van der Waals surface area contributed by atoms with E-state index in [0.29, 0.717) is 45.5 Å². The highest BCUT2D eigenvalue weighted by atomic mass is 32.1. The molecule has 1 unspecified atom stereocenters. The van der Waals surface area contributed by atoms with E-state index in [1.807, 2.05) is 22.2 Å². The lowest BCUT2D eigenvalue weighted by molar-refractivity contribution is -0.138. The van der Waals surface area contributed by atoms with Gasteiger partial charge in [-0.15, -0.1) is 11.3 Å². The zero-order chi connectivity index (χ0) is 16.9. The molecule has 2 aromatic heterocycles. The fourth-order valence-corrected chi connectivity index (χ4v) is 3.62. The Balaban J connectivity index is 1.45. The minimum absolute atomic E-state index is 0.0194. The van der Waals surface area contributed by atoms with Gasteiger partial charge in [0.25, 0.3) is 0 Å². The Bertz CT molecular complexity index is 683. The standard InChI is InChI=1S/C16H22N4O3S/c1-23-8-6-19-10-12(2-3-14(19)21)15(22)17-5-4-13-11-20-7-9-24-16(20)18-13/h7,9,11-12H,2-6,8,10H2,1H3,(H,17,22). The SMILES string of the molecule is COCCN1CC(C(=O)NCCc2cn3ccsc3n2)CCC1=O. The molecule has 0 aromatic carbocycles. The van der Waals surface area contributed by atoms with Crippen LogP contribution in [0.2, 0.25) is 0 Å². The number of carbonyl (C=O) groups is 2. The van der Waals surface area contributed by atoms with E-state index in [0.717, 1.165) is 10.7 Å². The monoisotopic (exact) mass is 350 g/mol. The number of rotatable bonds is 7. The number of amides is 2. The summed E-state index contributed by atoms with van der Waals surface area (Å²) in [5.41, 5.74) is 0.975. The molecule has 1 aliphatic heterocycles. The van der Waals surface area contributed by atoms with E-state index in [1.165, 1.54) is 0 Å². The molecule has 0 radical (unpaired) electrons. The Morgan fingerprint density at radius 3 is 3.21 bits per heavy atom. The van der Waals surface area contributed by atoms with Crippen LogP contribution in [-0.4, -0.2) is 59.4 Å². The average molecular weight is 350 g/mol. The van der Waals surface area contributed by atoms with Crippen molar-refractivity contribution in [2.45, 2.75) is 19.3 Å². The minimum Gasteiger partial charge on any atom is -0.383 e. The van der Waals surface area contributed by atoms with Crippen LogP contribution in [-0.2, 0) is 20.7 Å². The van der Waals surface area contributed by atoms with Crippen molar-refractivity contribution in [2.24, 2.45) is 5.92 Å². The van der Waals surface area contributed by atoms with Crippen molar-refractivity contribution in [1.29, 1.82) is 0 Å². The van der Waals surface area contributed by atoms with Crippen molar-refractivity contribution >= 4 is 28.1 Å². The lowest BCUT2D eigenvalue weighted by Crippen LogP contribution is -2.47. The predicted molar refractivity (Wildman–Crippen MR) is 91.0 cm³/mol. The van der Waals surface area contributed by atoms with Gasteiger partial charge in [0.15, 0.2) is 4.96 Å². The van der Waals surface area contributed by atoms with Crippen LogP contribution in [0.15, 0.2) is 17.8 Å². The minimum atomic E-state index is -0.134. The van der Waals surface area contributed by atoms with Crippen LogP contribution >= 0.6 is 11.3 Å². The quantitative estimate of drug-likeness (QED) is 0.806. The van der Waals surface area contributed by atoms with Crippen LogP contribution in [0.4, 0.5) is 0 Å². The number of aromatic nitrogens is 2. The maximum absolute atomic E-state index is 12.3. The molecule has 7 nitrogen and oxygen atoms in total. The van der Waals surface area contributed by atoms with Gasteiger partial charge in [-0.05, 0) is 6.42 Å². The number of ether oxygens (including phenoxy) is 1. The first-order valence-corrected chi connectivity index (χ1v) is 9.01. The number of likely N-dealkylation sites (tertiary alicyclic amines) is 1. The van der Waals surface area contributed by atoms with E-state index in [1.54, 1.807) is 23.3 Å². The summed E-state index contributed by atoms with van der Waals surface area (Å²) in [6, 6.07) is 0. The highest BCUT2D eigenvalue weighted by Gasteiger charge is 2.29. The van der Waals surface area contributed by atoms with Gasteiger partial charge in [0, 0.05) is 57.4 Å². The maximum Gasteiger partial charge on any atom is 0.224 e. The van der Waals surface area contributed by atoms with Crippen molar-refractivity contribution in [2.75, 3.05) is 33.4 Å². The van der Waals surface area contributed by atoms with E-state index in [-0.39, 0.29) is 17.7 Å². The molecule has 1 atom stereocenters. The van der Waals surface area contributed by atoms with Crippen LogP contribution in [0, 0.1) is 5.92 Å². The molecule has 1 N–H and O–H groups in total. The third-order valence-corrected chi connectivity index (χ3v) is 5.03. The molecule has 2 aromatic rings. The molecular weight excluding hydrogens is 328 g/mol. The third-order valence-electron chi connectivity index (χ3n) is 4.26. The summed E-state index contributed by atoms with van der Waals surface area (Å²) in [5.74, 6) is -0.00911. The summed E-state index contributed by atoms with van der Waals surface area (Å²) < 4.78 is 7.01. The molecule has 0 saturated carbocycles. The number of nitrogens with one attached hydrogen (secondary N) is 1. The Kier molecular flexibility index (Phi) is 5.47. The van der Waals surface area contributed by atoms with Gasteiger partial charge in [-0.25, -0.2) is 4.98 Å². The second-order valence-electron chi connectivity index (χ2n) is 5.93. The molecule has 3 heterocycles. The number of nitrogens with zero attached hydrogens (tertiary/aromatic N) is 3. The van der Waals surface area contributed by atoms with E-state index in [2.05, 4.69) is 10.3 Å². The second kappa shape index (κ2) is 7.76. The largest absolute Gasteiger partial charge is 0.383 e.